The minimum atomic E-state index is -0.255. The third-order valence-electron chi connectivity index (χ3n) is 0.918. The fourth-order valence-electron chi connectivity index (χ4n) is 0.600. The molecule has 0 aromatic rings. The second kappa shape index (κ2) is 8.63. The van der Waals surface area contributed by atoms with Gasteiger partial charge in [-0.25, -0.2) is 0 Å². The lowest BCUT2D eigenvalue weighted by molar-refractivity contribution is -0.109. The van der Waals surface area contributed by atoms with Crippen molar-refractivity contribution in [3.8, 4) is 0 Å². The van der Waals surface area contributed by atoms with E-state index < -0.39 is 0 Å². The van der Waals surface area contributed by atoms with Gasteiger partial charge in [-0.15, -0.1) is 0 Å². The van der Waals surface area contributed by atoms with Crippen LogP contribution in [0.2, 0.25) is 0 Å². The van der Waals surface area contributed by atoms with Crippen molar-refractivity contribution in [2.75, 3.05) is 0 Å². The molecule has 0 aromatic heterocycles. The monoisotopic (exact) mass is 145 g/mol. The molecule has 0 radical (unpaired) electrons. The van der Waals surface area contributed by atoms with Crippen LogP contribution in [-0.4, -0.2) is 12.3 Å². The summed E-state index contributed by atoms with van der Waals surface area (Å²) in [5.74, 6) is 0.523. The second-order valence-corrected chi connectivity index (χ2v) is 2.43. The Morgan fingerprint density at radius 3 is 1.90 bits per heavy atom. The molecule has 2 nitrogen and oxygen atoms in total. The molecule has 0 aliphatic rings. The van der Waals surface area contributed by atoms with E-state index in [9.17, 15) is 4.79 Å². The number of rotatable bonds is 3. The number of aldehydes is 1. The number of hydrogen-bond acceptors (Lipinski definition) is 2. The Kier molecular flexibility index (Phi) is 10.6. The molecule has 0 spiro atoms. The van der Waals surface area contributed by atoms with Crippen LogP contribution >= 0.6 is 0 Å². The molecule has 0 fully saturated rings. The fraction of sp³-hybridized carbons (Fsp3) is 0.875. The highest BCUT2D eigenvalue weighted by Gasteiger charge is 2.01. The van der Waals surface area contributed by atoms with Crippen LogP contribution in [0.15, 0.2) is 0 Å². The van der Waals surface area contributed by atoms with Gasteiger partial charge in [0.05, 0.1) is 6.04 Å². The minimum absolute atomic E-state index is 0.255. The summed E-state index contributed by atoms with van der Waals surface area (Å²) in [4.78, 5) is 9.92. The van der Waals surface area contributed by atoms with E-state index in [1.165, 1.54) is 0 Å². The lowest BCUT2D eigenvalue weighted by Crippen LogP contribution is -2.23. The maximum absolute atomic E-state index is 9.92. The third-order valence-corrected chi connectivity index (χ3v) is 0.918. The average molecular weight is 145 g/mol. The van der Waals surface area contributed by atoms with Crippen LogP contribution in [0.25, 0.3) is 0 Å². The van der Waals surface area contributed by atoms with Gasteiger partial charge in [-0.05, 0) is 12.3 Å². The lowest BCUT2D eigenvalue weighted by Gasteiger charge is -2.04. The first-order valence-corrected chi connectivity index (χ1v) is 3.87. The Morgan fingerprint density at radius 2 is 1.80 bits per heavy atom. The van der Waals surface area contributed by atoms with E-state index in [2.05, 4.69) is 0 Å². The van der Waals surface area contributed by atoms with E-state index in [0.29, 0.717) is 5.92 Å². The van der Waals surface area contributed by atoms with Gasteiger partial charge in [0, 0.05) is 0 Å². The zero-order valence-corrected chi connectivity index (χ0v) is 7.42. The highest BCUT2D eigenvalue weighted by molar-refractivity contribution is 5.56. The standard InChI is InChI=1S/C6H13NO.C2H6/c1-5(2)3-6(7)4-8;1-2/h4-6H,3,7H2,1-2H3;1-2H3. The maximum atomic E-state index is 9.92. The van der Waals surface area contributed by atoms with Crippen molar-refractivity contribution in [3.63, 3.8) is 0 Å². The predicted molar refractivity (Wildman–Crippen MR) is 44.8 cm³/mol. The molecule has 0 saturated heterocycles. The first-order chi connectivity index (χ1) is 4.66. The maximum Gasteiger partial charge on any atom is 0.136 e. The number of nitrogens with two attached hydrogens (primary N) is 1. The zero-order valence-electron chi connectivity index (χ0n) is 7.42. The normalized spacial score (nSPS) is 11.8. The van der Waals surface area contributed by atoms with E-state index in [0.717, 1.165) is 12.7 Å². The molecule has 0 heterocycles. The molecule has 1 unspecified atom stereocenters. The van der Waals surface area contributed by atoms with E-state index in [1.54, 1.807) is 0 Å². The highest BCUT2D eigenvalue weighted by Crippen LogP contribution is 1.99. The molecular formula is C8H19NO. The van der Waals surface area contributed by atoms with E-state index in [1.807, 2.05) is 27.7 Å². The Hall–Kier alpha value is -0.370. The van der Waals surface area contributed by atoms with Crippen LogP contribution in [0.4, 0.5) is 0 Å². The molecule has 0 aromatic carbocycles. The first-order valence-electron chi connectivity index (χ1n) is 3.87. The van der Waals surface area contributed by atoms with Gasteiger partial charge in [-0.2, -0.15) is 0 Å². The quantitative estimate of drug-likeness (QED) is 0.613. The average Bonchev–Trinajstić information content (AvgIpc) is 1.91. The summed E-state index contributed by atoms with van der Waals surface area (Å²) in [6.07, 6.45) is 1.59. The molecule has 2 heteroatoms. The fourth-order valence-corrected chi connectivity index (χ4v) is 0.600. The molecule has 10 heavy (non-hydrogen) atoms. The van der Waals surface area contributed by atoms with E-state index in [4.69, 9.17) is 5.73 Å². The summed E-state index contributed by atoms with van der Waals surface area (Å²) in [6, 6.07) is -0.255. The first kappa shape index (κ1) is 12.3. The van der Waals surface area contributed by atoms with Gasteiger partial charge in [-0.1, -0.05) is 27.7 Å². The number of hydrogen-bond donors (Lipinski definition) is 1. The van der Waals surface area contributed by atoms with Crippen molar-refractivity contribution in [3.05, 3.63) is 0 Å². The molecular weight excluding hydrogens is 126 g/mol. The Bertz CT molecular complexity index is 71.7. The molecule has 0 aliphatic carbocycles. The molecule has 1 atom stereocenters. The highest BCUT2D eigenvalue weighted by atomic mass is 16.1. The van der Waals surface area contributed by atoms with E-state index >= 15 is 0 Å². The van der Waals surface area contributed by atoms with Crippen molar-refractivity contribution in [2.45, 2.75) is 40.2 Å². The van der Waals surface area contributed by atoms with Crippen LogP contribution in [0, 0.1) is 5.92 Å². The summed E-state index contributed by atoms with van der Waals surface area (Å²) in [5.41, 5.74) is 5.31. The van der Waals surface area contributed by atoms with Crippen molar-refractivity contribution in [2.24, 2.45) is 11.7 Å². The van der Waals surface area contributed by atoms with Gasteiger partial charge in [0.15, 0.2) is 0 Å². The van der Waals surface area contributed by atoms with Crippen molar-refractivity contribution < 1.29 is 4.79 Å². The van der Waals surface area contributed by atoms with Crippen molar-refractivity contribution >= 4 is 6.29 Å². The Balaban J connectivity index is 0. The molecule has 0 amide bonds. The van der Waals surface area contributed by atoms with Crippen LogP contribution in [0.5, 0.6) is 0 Å². The zero-order chi connectivity index (χ0) is 8.57. The minimum Gasteiger partial charge on any atom is -0.322 e. The van der Waals surface area contributed by atoms with Crippen molar-refractivity contribution in [1.29, 1.82) is 0 Å². The van der Waals surface area contributed by atoms with Gasteiger partial charge in [0.25, 0.3) is 0 Å². The topological polar surface area (TPSA) is 43.1 Å². The third kappa shape index (κ3) is 10.6. The summed E-state index contributed by atoms with van der Waals surface area (Å²) in [6.45, 7) is 8.09. The molecule has 0 bridgehead atoms. The Labute approximate surface area is 63.8 Å². The molecule has 2 N–H and O–H groups in total. The van der Waals surface area contributed by atoms with Gasteiger partial charge < -0.3 is 10.5 Å². The summed E-state index contributed by atoms with van der Waals surface area (Å²) >= 11 is 0. The summed E-state index contributed by atoms with van der Waals surface area (Å²) < 4.78 is 0. The van der Waals surface area contributed by atoms with Crippen LogP contribution in [-0.2, 0) is 4.79 Å². The van der Waals surface area contributed by atoms with Crippen LogP contribution in [0.1, 0.15) is 34.1 Å². The molecule has 0 rings (SSSR count). The smallest absolute Gasteiger partial charge is 0.136 e. The lowest BCUT2D eigenvalue weighted by atomic mass is 10.1. The van der Waals surface area contributed by atoms with Crippen molar-refractivity contribution in [1.82, 2.24) is 0 Å². The number of carbonyl (C=O) groups excluding carboxylic acids is 1. The van der Waals surface area contributed by atoms with Gasteiger partial charge in [0.1, 0.15) is 6.29 Å². The van der Waals surface area contributed by atoms with Crippen LogP contribution in [0.3, 0.4) is 0 Å². The SMILES string of the molecule is CC.CC(C)CC(N)C=O. The molecule has 0 aliphatic heterocycles. The van der Waals surface area contributed by atoms with Gasteiger partial charge in [-0.3, -0.25) is 0 Å². The van der Waals surface area contributed by atoms with Gasteiger partial charge >= 0.3 is 0 Å². The summed E-state index contributed by atoms with van der Waals surface area (Å²) in [5, 5.41) is 0. The summed E-state index contributed by atoms with van der Waals surface area (Å²) in [7, 11) is 0. The van der Waals surface area contributed by atoms with Crippen LogP contribution < -0.4 is 5.73 Å². The Morgan fingerprint density at radius 1 is 1.40 bits per heavy atom. The molecule has 62 valence electrons. The second-order valence-electron chi connectivity index (χ2n) is 2.43. The predicted octanol–water partition coefficient (Wildman–Crippen LogP) is 1.58. The number of carbonyl (C=O) groups is 1. The van der Waals surface area contributed by atoms with E-state index in [-0.39, 0.29) is 6.04 Å². The molecule has 0 saturated carbocycles. The largest absolute Gasteiger partial charge is 0.322 e. The van der Waals surface area contributed by atoms with Gasteiger partial charge in [0.2, 0.25) is 0 Å².